The maximum Gasteiger partial charge on any atom is 0.180 e. The van der Waals surface area contributed by atoms with Crippen LogP contribution in [0.1, 0.15) is 0 Å². The second-order valence-corrected chi connectivity index (χ2v) is 15.2. The van der Waals surface area contributed by atoms with Crippen LogP contribution >= 0.6 is 11.3 Å². The first-order chi connectivity index (χ1) is 28.2. The summed E-state index contributed by atoms with van der Waals surface area (Å²) < 4.78 is 8.79. The number of benzene rings is 8. The Labute approximate surface area is 333 Å². The van der Waals surface area contributed by atoms with E-state index in [1.165, 1.54) is 37.0 Å². The van der Waals surface area contributed by atoms with Crippen LogP contribution in [0.25, 0.3) is 87.1 Å². The third-order valence-electron chi connectivity index (χ3n) is 10.7. The standard InChI is InChI=1S/C52H33N3OS/c1-4-13-34(14-5-1)36-23-27-39(28-24-36)55(40-29-25-37(26-30-40)35-15-6-2-7-16-35)41-31-32-43-47(33-41)57-46-22-12-20-44(48(43)46)52-53-49(38-17-8-3-9-18-38)51-50(54-52)42-19-10-11-21-45(42)56-51/h1-33H. The summed E-state index contributed by atoms with van der Waals surface area (Å²) in [5.41, 5.74) is 13.1. The number of para-hydroxylation sites is 1. The average molecular weight is 748 g/mol. The van der Waals surface area contributed by atoms with Crippen LogP contribution < -0.4 is 4.90 Å². The van der Waals surface area contributed by atoms with Gasteiger partial charge in [-0.05, 0) is 76.9 Å². The number of aromatic nitrogens is 2. The van der Waals surface area contributed by atoms with Crippen molar-refractivity contribution >= 4 is 70.6 Å². The van der Waals surface area contributed by atoms with E-state index in [0.717, 1.165) is 55.8 Å². The Bertz CT molecular complexity index is 3130. The lowest BCUT2D eigenvalue weighted by molar-refractivity contribution is 0.667. The number of nitrogens with zero attached hydrogens (tertiary/aromatic N) is 3. The maximum atomic E-state index is 6.41. The smallest absolute Gasteiger partial charge is 0.180 e. The lowest BCUT2D eigenvalue weighted by Crippen LogP contribution is -2.09. The first kappa shape index (κ1) is 33.0. The Hall–Kier alpha value is -7.34. The molecule has 5 heteroatoms. The zero-order valence-electron chi connectivity index (χ0n) is 30.7. The number of thiophene rings is 1. The topological polar surface area (TPSA) is 42.2 Å². The molecule has 0 atom stereocenters. The largest absolute Gasteiger partial charge is 0.452 e. The molecule has 268 valence electrons. The minimum absolute atomic E-state index is 0.681. The van der Waals surface area contributed by atoms with Crippen molar-refractivity contribution in [1.82, 2.24) is 9.97 Å². The van der Waals surface area contributed by atoms with E-state index in [9.17, 15) is 0 Å². The number of fused-ring (bicyclic) bond motifs is 6. The summed E-state index contributed by atoms with van der Waals surface area (Å²) in [6, 6.07) is 70.4. The second kappa shape index (κ2) is 13.7. The number of rotatable bonds is 7. The van der Waals surface area contributed by atoms with Gasteiger partial charge in [0.05, 0.1) is 0 Å². The lowest BCUT2D eigenvalue weighted by Gasteiger charge is -2.26. The van der Waals surface area contributed by atoms with E-state index in [0.29, 0.717) is 11.4 Å². The summed E-state index contributed by atoms with van der Waals surface area (Å²) in [7, 11) is 0. The first-order valence-electron chi connectivity index (χ1n) is 19.1. The Morgan fingerprint density at radius 1 is 0.421 bits per heavy atom. The molecule has 0 aliphatic carbocycles. The predicted octanol–water partition coefficient (Wildman–Crippen LogP) is 14.9. The number of anilines is 3. The second-order valence-electron chi connectivity index (χ2n) is 14.2. The molecule has 0 N–H and O–H groups in total. The Morgan fingerprint density at radius 3 is 1.63 bits per heavy atom. The fraction of sp³-hybridized carbons (Fsp3) is 0. The molecule has 0 saturated carbocycles. The molecule has 0 bridgehead atoms. The normalized spacial score (nSPS) is 11.5. The molecule has 11 aromatic rings. The fourth-order valence-electron chi connectivity index (χ4n) is 7.96. The van der Waals surface area contributed by atoms with Gasteiger partial charge in [-0.3, -0.25) is 0 Å². The summed E-state index contributed by atoms with van der Waals surface area (Å²) in [6.45, 7) is 0. The van der Waals surface area contributed by atoms with Gasteiger partial charge < -0.3 is 9.32 Å². The first-order valence-corrected chi connectivity index (χ1v) is 19.9. The highest BCUT2D eigenvalue weighted by Gasteiger charge is 2.21. The highest BCUT2D eigenvalue weighted by atomic mass is 32.1. The zero-order chi connectivity index (χ0) is 37.7. The van der Waals surface area contributed by atoms with E-state index in [4.69, 9.17) is 14.4 Å². The molecule has 8 aromatic carbocycles. The van der Waals surface area contributed by atoms with E-state index in [1.807, 2.05) is 36.4 Å². The molecule has 57 heavy (non-hydrogen) atoms. The van der Waals surface area contributed by atoms with Crippen LogP contribution in [0.5, 0.6) is 0 Å². The van der Waals surface area contributed by atoms with Gasteiger partial charge >= 0.3 is 0 Å². The molecule has 3 heterocycles. The summed E-state index contributed by atoms with van der Waals surface area (Å²) in [5, 5.41) is 3.31. The molecular formula is C52H33N3OS. The zero-order valence-corrected chi connectivity index (χ0v) is 31.5. The molecule has 0 fully saturated rings. The van der Waals surface area contributed by atoms with Crippen molar-refractivity contribution in [2.24, 2.45) is 0 Å². The van der Waals surface area contributed by atoms with Gasteiger partial charge in [0.2, 0.25) is 0 Å². The summed E-state index contributed by atoms with van der Waals surface area (Å²) in [4.78, 5) is 12.8. The molecule has 0 spiro atoms. The van der Waals surface area contributed by atoms with E-state index in [2.05, 4.69) is 169 Å². The van der Waals surface area contributed by atoms with Crippen molar-refractivity contribution in [1.29, 1.82) is 0 Å². The highest BCUT2D eigenvalue weighted by Crippen LogP contribution is 2.45. The fourth-order valence-corrected chi connectivity index (χ4v) is 9.12. The maximum absolute atomic E-state index is 6.41. The van der Waals surface area contributed by atoms with Crippen LogP contribution in [0.4, 0.5) is 17.1 Å². The number of hydrogen-bond acceptors (Lipinski definition) is 5. The molecule has 0 unspecified atom stereocenters. The van der Waals surface area contributed by atoms with Gasteiger partial charge in [0.15, 0.2) is 11.4 Å². The Morgan fingerprint density at radius 2 is 0.982 bits per heavy atom. The average Bonchev–Trinajstić information content (AvgIpc) is 3.86. The predicted molar refractivity (Wildman–Crippen MR) is 239 cm³/mol. The van der Waals surface area contributed by atoms with E-state index >= 15 is 0 Å². The van der Waals surface area contributed by atoms with Gasteiger partial charge in [-0.25, -0.2) is 9.97 Å². The van der Waals surface area contributed by atoms with Crippen LogP contribution in [0.15, 0.2) is 205 Å². The molecule has 0 aliphatic rings. The Kier molecular flexibility index (Phi) is 7.97. The SMILES string of the molecule is c1ccc(-c2ccc(N(c3ccc(-c4ccccc4)cc3)c3ccc4c(c3)sc3cccc(-c5nc(-c6ccccc6)c6oc7ccccc7c6n5)c34)cc2)cc1. The van der Waals surface area contributed by atoms with Crippen LogP contribution in [0, 0.1) is 0 Å². The van der Waals surface area contributed by atoms with E-state index < -0.39 is 0 Å². The number of furan rings is 1. The molecule has 0 aliphatic heterocycles. The molecule has 3 aromatic heterocycles. The Balaban J connectivity index is 1.06. The van der Waals surface area contributed by atoms with Gasteiger partial charge in [-0.2, -0.15) is 0 Å². The third kappa shape index (κ3) is 5.84. The van der Waals surface area contributed by atoms with Gasteiger partial charge in [0.25, 0.3) is 0 Å². The van der Waals surface area contributed by atoms with Crippen LogP contribution in [0.2, 0.25) is 0 Å². The van der Waals surface area contributed by atoms with E-state index in [1.54, 1.807) is 11.3 Å². The van der Waals surface area contributed by atoms with Crippen molar-refractivity contribution < 1.29 is 4.42 Å². The summed E-state index contributed by atoms with van der Waals surface area (Å²) in [5.74, 6) is 0.681. The third-order valence-corrected chi connectivity index (χ3v) is 11.8. The van der Waals surface area contributed by atoms with Crippen LogP contribution in [-0.4, -0.2) is 9.97 Å². The van der Waals surface area contributed by atoms with Crippen molar-refractivity contribution in [3.8, 4) is 44.9 Å². The van der Waals surface area contributed by atoms with Gasteiger partial charge in [0.1, 0.15) is 16.8 Å². The van der Waals surface area contributed by atoms with Crippen LogP contribution in [-0.2, 0) is 0 Å². The molecule has 4 nitrogen and oxygen atoms in total. The van der Waals surface area contributed by atoms with Gasteiger partial charge in [-0.15, -0.1) is 11.3 Å². The molecule has 0 radical (unpaired) electrons. The molecular weight excluding hydrogens is 715 g/mol. The highest BCUT2D eigenvalue weighted by molar-refractivity contribution is 7.26. The van der Waals surface area contributed by atoms with Gasteiger partial charge in [-0.1, -0.05) is 146 Å². The lowest BCUT2D eigenvalue weighted by atomic mass is 10.0. The van der Waals surface area contributed by atoms with Crippen LogP contribution in [0.3, 0.4) is 0 Å². The van der Waals surface area contributed by atoms with Crippen molar-refractivity contribution in [3.63, 3.8) is 0 Å². The van der Waals surface area contributed by atoms with Gasteiger partial charge in [0, 0.05) is 53.7 Å². The monoisotopic (exact) mass is 747 g/mol. The number of hydrogen-bond donors (Lipinski definition) is 0. The van der Waals surface area contributed by atoms with Crippen molar-refractivity contribution in [2.45, 2.75) is 0 Å². The minimum Gasteiger partial charge on any atom is -0.452 e. The molecule has 11 rings (SSSR count). The molecule has 0 saturated heterocycles. The quantitative estimate of drug-likeness (QED) is 0.163. The van der Waals surface area contributed by atoms with Crippen molar-refractivity contribution in [3.05, 3.63) is 200 Å². The summed E-state index contributed by atoms with van der Waals surface area (Å²) in [6.07, 6.45) is 0. The summed E-state index contributed by atoms with van der Waals surface area (Å²) >= 11 is 1.80. The van der Waals surface area contributed by atoms with Crippen molar-refractivity contribution in [2.75, 3.05) is 4.90 Å². The van der Waals surface area contributed by atoms with E-state index in [-0.39, 0.29) is 0 Å². The molecule has 0 amide bonds. The minimum atomic E-state index is 0.681.